The lowest BCUT2D eigenvalue weighted by Gasteiger charge is -2.17. The van der Waals surface area contributed by atoms with Gasteiger partial charge in [-0.3, -0.25) is 9.59 Å². The number of likely N-dealkylation sites (N-methyl/N-ethyl adjacent to an activating group) is 1. The van der Waals surface area contributed by atoms with Crippen molar-refractivity contribution < 1.29 is 9.59 Å². The van der Waals surface area contributed by atoms with Crippen LogP contribution in [0.5, 0.6) is 0 Å². The van der Waals surface area contributed by atoms with Gasteiger partial charge in [-0.25, -0.2) is 0 Å². The molecule has 114 valence electrons. The molecule has 0 bridgehead atoms. The van der Waals surface area contributed by atoms with Crippen LogP contribution in [0.25, 0.3) is 0 Å². The van der Waals surface area contributed by atoms with Crippen molar-refractivity contribution in [3.63, 3.8) is 0 Å². The van der Waals surface area contributed by atoms with E-state index in [9.17, 15) is 9.59 Å². The van der Waals surface area contributed by atoms with Gasteiger partial charge >= 0.3 is 0 Å². The van der Waals surface area contributed by atoms with Crippen molar-refractivity contribution in [3.05, 3.63) is 28.2 Å². The van der Waals surface area contributed by atoms with Gasteiger partial charge < -0.3 is 15.5 Å². The van der Waals surface area contributed by atoms with Crippen LogP contribution in [-0.2, 0) is 9.59 Å². The molecule has 1 aliphatic heterocycles. The Bertz CT molecular complexity index is 531. The minimum absolute atomic E-state index is 0.0953. The summed E-state index contributed by atoms with van der Waals surface area (Å²) in [4.78, 5) is 25.7. The normalized spacial score (nSPS) is 18.1. The summed E-state index contributed by atoms with van der Waals surface area (Å²) in [5.74, 6) is -0.538. The van der Waals surface area contributed by atoms with Crippen LogP contribution in [-0.4, -0.2) is 38.5 Å². The van der Waals surface area contributed by atoms with E-state index in [0.29, 0.717) is 35.4 Å². The second-order valence-corrected chi connectivity index (χ2v) is 5.80. The van der Waals surface area contributed by atoms with Crippen molar-refractivity contribution in [2.24, 2.45) is 5.92 Å². The predicted molar refractivity (Wildman–Crippen MR) is 83.9 cm³/mol. The Morgan fingerprint density at radius 1 is 1.29 bits per heavy atom. The molecule has 1 aliphatic rings. The van der Waals surface area contributed by atoms with E-state index >= 15 is 0 Å². The van der Waals surface area contributed by atoms with Crippen LogP contribution in [0.3, 0.4) is 0 Å². The summed E-state index contributed by atoms with van der Waals surface area (Å²) in [5, 5.41) is 6.69. The Morgan fingerprint density at radius 2 is 1.95 bits per heavy atom. The number of hydrogen-bond donors (Lipinski definition) is 2. The Labute approximate surface area is 133 Å². The van der Waals surface area contributed by atoms with E-state index in [-0.39, 0.29) is 24.2 Å². The SMILES string of the molecule is CNCCNC(=O)C1CC(=O)N(c2cc(Cl)cc(Cl)c2)C1. The second-order valence-electron chi connectivity index (χ2n) is 4.93. The number of rotatable bonds is 5. The highest BCUT2D eigenvalue weighted by Gasteiger charge is 2.35. The zero-order valence-electron chi connectivity index (χ0n) is 11.7. The van der Waals surface area contributed by atoms with Crippen LogP contribution in [0.4, 0.5) is 5.69 Å². The molecule has 1 unspecified atom stereocenters. The van der Waals surface area contributed by atoms with Gasteiger partial charge in [0.25, 0.3) is 0 Å². The van der Waals surface area contributed by atoms with E-state index in [1.165, 1.54) is 0 Å². The topological polar surface area (TPSA) is 61.4 Å². The molecule has 0 aliphatic carbocycles. The summed E-state index contributed by atoms with van der Waals surface area (Å²) in [7, 11) is 1.82. The molecule has 7 heteroatoms. The van der Waals surface area contributed by atoms with Crippen molar-refractivity contribution in [2.75, 3.05) is 31.6 Å². The van der Waals surface area contributed by atoms with E-state index < -0.39 is 0 Å². The van der Waals surface area contributed by atoms with Gasteiger partial charge in [-0.15, -0.1) is 0 Å². The van der Waals surface area contributed by atoms with Crippen molar-refractivity contribution in [2.45, 2.75) is 6.42 Å². The maximum absolute atomic E-state index is 12.1. The van der Waals surface area contributed by atoms with Gasteiger partial charge in [0.1, 0.15) is 0 Å². The first-order valence-electron chi connectivity index (χ1n) is 6.70. The highest BCUT2D eigenvalue weighted by molar-refractivity contribution is 6.35. The lowest BCUT2D eigenvalue weighted by molar-refractivity contribution is -0.126. The first-order valence-corrected chi connectivity index (χ1v) is 7.45. The van der Waals surface area contributed by atoms with Crippen LogP contribution in [0, 0.1) is 5.92 Å². The standard InChI is InChI=1S/C14H17Cl2N3O2/c1-17-2-3-18-14(21)9-4-13(20)19(8-9)12-6-10(15)5-11(16)7-12/h5-7,9,17H,2-4,8H2,1H3,(H,18,21). The quantitative estimate of drug-likeness (QED) is 0.808. The number of halogens is 2. The van der Waals surface area contributed by atoms with Crippen LogP contribution in [0.1, 0.15) is 6.42 Å². The van der Waals surface area contributed by atoms with E-state index in [1.807, 2.05) is 7.05 Å². The number of hydrogen-bond acceptors (Lipinski definition) is 3. The van der Waals surface area contributed by atoms with Crippen LogP contribution in [0.2, 0.25) is 10.0 Å². The number of amides is 2. The van der Waals surface area contributed by atoms with Crippen LogP contribution < -0.4 is 15.5 Å². The number of carbonyl (C=O) groups excluding carboxylic acids is 2. The first kappa shape index (κ1) is 16.1. The number of carbonyl (C=O) groups is 2. The van der Waals surface area contributed by atoms with Gasteiger partial charge in [0, 0.05) is 41.8 Å². The summed E-state index contributed by atoms with van der Waals surface area (Å²) in [6, 6.07) is 4.95. The molecular formula is C14H17Cl2N3O2. The highest BCUT2D eigenvalue weighted by Crippen LogP contribution is 2.30. The minimum Gasteiger partial charge on any atom is -0.355 e. The van der Waals surface area contributed by atoms with Crippen LogP contribution >= 0.6 is 23.2 Å². The summed E-state index contributed by atoms with van der Waals surface area (Å²) in [6.45, 7) is 1.59. The maximum Gasteiger partial charge on any atom is 0.227 e. The monoisotopic (exact) mass is 329 g/mol. The molecule has 1 aromatic rings. The zero-order chi connectivity index (χ0) is 15.4. The average molecular weight is 330 g/mol. The van der Waals surface area contributed by atoms with Crippen molar-refractivity contribution in [1.29, 1.82) is 0 Å². The van der Waals surface area contributed by atoms with E-state index in [1.54, 1.807) is 23.1 Å². The maximum atomic E-state index is 12.1. The molecule has 2 rings (SSSR count). The number of nitrogens with zero attached hydrogens (tertiary/aromatic N) is 1. The molecule has 0 saturated carbocycles. The molecule has 0 spiro atoms. The second kappa shape index (κ2) is 7.11. The Kier molecular flexibility index (Phi) is 5.45. The van der Waals surface area contributed by atoms with Crippen molar-refractivity contribution in [1.82, 2.24) is 10.6 Å². The van der Waals surface area contributed by atoms with Gasteiger partial charge in [0.2, 0.25) is 11.8 Å². The molecule has 1 heterocycles. The Balaban J connectivity index is 2.04. The molecule has 0 aromatic heterocycles. The average Bonchev–Trinajstić information content (AvgIpc) is 2.80. The molecule has 1 aromatic carbocycles. The third kappa shape index (κ3) is 4.09. The van der Waals surface area contributed by atoms with Gasteiger partial charge in [0.15, 0.2) is 0 Å². The number of nitrogens with one attached hydrogen (secondary N) is 2. The van der Waals surface area contributed by atoms with Gasteiger partial charge in [0.05, 0.1) is 5.92 Å². The molecule has 1 fully saturated rings. The van der Waals surface area contributed by atoms with Gasteiger partial charge in [-0.2, -0.15) is 0 Å². The van der Waals surface area contributed by atoms with Crippen molar-refractivity contribution >= 4 is 40.7 Å². The Hall–Kier alpha value is -1.30. The molecule has 0 radical (unpaired) electrons. The fourth-order valence-corrected chi connectivity index (χ4v) is 2.80. The molecule has 21 heavy (non-hydrogen) atoms. The largest absolute Gasteiger partial charge is 0.355 e. The van der Waals surface area contributed by atoms with Gasteiger partial charge in [-0.1, -0.05) is 23.2 Å². The highest BCUT2D eigenvalue weighted by atomic mass is 35.5. The third-order valence-electron chi connectivity index (χ3n) is 3.33. The molecular weight excluding hydrogens is 313 g/mol. The lowest BCUT2D eigenvalue weighted by atomic mass is 10.1. The smallest absolute Gasteiger partial charge is 0.227 e. The molecule has 2 N–H and O–H groups in total. The molecule has 5 nitrogen and oxygen atoms in total. The molecule has 1 saturated heterocycles. The minimum atomic E-state index is -0.341. The first-order chi connectivity index (χ1) is 10.0. The van der Waals surface area contributed by atoms with Gasteiger partial charge in [-0.05, 0) is 25.2 Å². The van der Waals surface area contributed by atoms with Crippen molar-refractivity contribution in [3.8, 4) is 0 Å². The van der Waals surface area contributed by atoms with E-state index in [4.69, 9.17) is 23.2 Å². The lowest BCUT2D eigenvalue weighted by Crippen LogP contribution is -2.36. The van der Waals surface area contributed by atoms with E-state index in [2.05, 4.69) is 10.6 Å². The fraction of sp³-hybridized carbons (Fsp3) is 0.429. The summed E-state index contributed by atoms with van der Waals surface area (Å²) >= 11 is 11.9. The molecule has 2 amide bonds. The number of benzene rings is 1. The summed E-state index contributed by atoms with van der Waals surface area (Å²) < 4.78 is 0. The Morgan fingerprint density at radius 3 is 2.57 bits per heavy atom. The molecule has 1 atom stereocenters. The summed E-state index contributed by atoms with van der Waals surface area (Å²) in [5.41, 5.74) is 0.628. The number of anilines is 1. The summed E-state index contributed by atoms with van der Waals surface area (Å²) in [6.07, 6.45) is 0.204. The predicted octanol–water partition coefficient (Wildman–Crippen LogP) is 1.68. The zero-order valence-corrected chi connectivity index (χ0v) is 13.2. The third-order valence-corrected chi connectivity index (χ3v) is 3.77. The van der Waals surface area contributed by atoms with E-state index in [0.717, 1.165) is 0 Å². The van der Waals surface area contributed by atoms with Crippen LogP contribution in [0.15, 0.2) is 18.2 Å². The fourth-order valence-electron chi connectivity index (χ4n) is 2.28.